The fraction of sp³-hybridized carbons (Fsp3) is 1.00. The van der Waals surface area contributed by atoms with Gasteiger partial charge in [-0.2, -0.15) is 0 Å². The van der Waals surface area contributed by atoms with Crippen LogP contribution in [0.3, 0.4) is 0 Å². The van der Waals surface area contributed by atoms with Crippen LogP contribution >= 0.6 is 18.8 Å². The van der Waals surface area contributed by atoms with Crippen molar-refractivity contribution in [1.82, 2.24) is 0 Å². The molecular formula is C16H32Cl2N2Pt. The normalized spacial score (nSPS) is 39.6. The Bertz CT molecular complexity index is 182. The van der Waals surface area contributed by atoms with Gasteiger partial charge in [-0.15, -0.1) is 24.2 Å². The summed E-state index contributed by atoms with van der Waals surface area (Å²) in [6, 6.07) is 2.46. The molecule has 2 heterocycles. The van der Waals surface area contributed by atoms with Gasteiger partial charge in [0.1, 0.15) is 0 Å². The predicted molar refractivity (Wildman–Crippen MR) is 93.1 cm³/mol. The van der Waals surface area contributed by atoms with Crippen molar-refractivity contribution in [2.45, 2.75) is 91.4 Å². The Balaban J connectivity index is 0.000000322. The molecule has 0 N–H and O–H groups in total. The van der Waals surface area contributed by atoms with E-state index in [1.807, 2.05) is 0 Å². The van der Waals surface area contributed by atoms with E-state index in [0.29, 0.717) is 24.2 Å². The van der Waals surface area contributed by atoms with E-state index in [-0.39, 0.29) is 0 Å². The van der Waals surface area contributed by atoms with E-state index in [4.69, 9.17) is 18.8 Å². The first-order valence-electron chi connectivity index (χ1n) is 8.00. The molecule has 2 aliphatic rings. The number of rotatable bonds is 0. The van der Waals surface area contributed by atoms with Gasteiger partial charge in [-0.25, -0.2) is 0 Å². The molecule has 0 aromatic rings. The van der Waals surface area contributed by atoms with Crippen LogP contribution in [0.15, 0.2) is 0 Å². The number of piperidine rings is 2. The van der Waals surface area contributed by atoms with Gasteiger partial charge in [0.25, 0.3) is 0 Å². The van der Waals surface area contributed by atoms with Gasteiger partial charge in [0.05, 0.1) is 0 Å². The topological polar surface area (TPSA) is 28.2 Å². The minimum atomic E-state index is -0.472. The number of halogens is 2. The van der Waals surface area contributed by atoms with Crippen molar-refractivity contribution in [2.75, 3.05) is 0 Å². The van der Waals surface area contributed by atoms with E-state index in [1.165, 1.54) is 25.7 Å². The fourth-order valence-corrected chi connectivity index (χ4v) is 3.63. The van der Waals surface area contributed by atoms with E-state index >= 15 is 0 Å². The minimum absolute atomic E-state index is 0.472. The molecule has 0 aliphatic carbocycles. The number of nitrogens with zero attached hydrogens (tertiary/aromatic N) is 2. The summed E-state index contributed by atoms with van der Waals surface area (Å²) in [6.07, 6.45) is 5.18. The van der Waals surface area contributed by atoms with Gasteiger partial charge >= 0.3 is 35.3 Å². The Morgan fingerprint density at radius 3 is 0.952 bits per heavy atom. The van der Waals surface area contributed by atoms with Crippen molar-refractivity contribution < 1.29 is 16.5 Å². The van der Waals surface area contributed by atoms with Crippen molar-refractivity contribution in [3.8, 4) is 0 Å². The molecule has 2 aliphatic heterocycles. The molecule has 2 nitrogen and oxygen atoms in total. The molecule has 4 unspecified atom stereocenters. The number of hydrogen-bond acceptors (Lipinski definition) is 0. The summed E-state index contributed by atoms with van der Waals surface area (Å²) < 4.78 is 0. The van der Waals surface area contributed by atoms with E-state index in [0.717, 1.165) is 11.8 Å². The zero-order chi connectivity index (χ0) is 16.4. The van der Waals surface area contributed by atoms with Crippen molar-refractivity contribution in [3.05, 3.63) is 10.6 Å². The van der Waals surface area contributed by atoms with Gasteiger partial charge in [-0.05, 0) is 11.8 Å². The summed E-state index contributed by atoms with van der Waals surface area (Å²) in [4.78, 5) is 0. The Labute approximate surface area is 148 Å². The second kappa shape index (κ2) is 12.6. The Morgan fingerprint density at radius 1 is 0.619 bits per heavy atom. The van der Waals surface area contributed by atoms with Gasteiger partial charge < -0.3 is 10.6 Å². The van der Waals surface area contributed by atoms with E-state index < -0.39 is 16.5 Å². The van der Waals surface area contributed by atoms with Crippen molar-refractivity contribution in [1.29, 1.82) is 0 Å². The molecule has 0 amide bonds. The Morgan fingerprint density at radius 2 is 0.810 bits per heavy atom. The van der Waals surface area contributed by atoms with Crippen molar-refractivity contribution in [2.24, 2.45) is 11.8 Å². The SMILES string of the molecule is CC1CC(C)[N-]C(C)C1.CC1CC(C)[N-]C(C)C1.[Cl][Pt+2][Cl]. The molecule has 5 heteroatoms. The van der Waals surface area contributed by atoms with Crippen LogP contribution in [-0.2, 0) is 16.5 Å². The molecular weight excluding hydrogens is 486 g/mol. The summed E-state index contributed by atoms with van der Waals surface area (Å²) >= 11 is -0.472. The monoisotopic (exact) mass is 517 g/mol. The molecule has 0 radical (unpaired) electrons. The molecule has 0 saturated carbocycles. The Hall–Kier alpha value is 1.19. The summed E-state index contributed by atoms with van der Waals surface area (Å²) in [5.74, 6) is 1.79. The average molecular weight is 518 g/mol. The molecule has 0 aromatic carbocycles. The van der Waals surface area contributed by atoms with Crippen LogP contribution in [0.5, 0.6) is 0 Å². The summed E-state index contributed by atoms with van der Waals surface area (Å²) in [5, 5.41) is 9.07. The van der Waals surface area contributed by atoms with Crippen LogP contribution in [-0.4, -0.2) is 24.2 Å². The van der Waals surface area contributed by atoms with Crippen LogP contribution in [0.25, 0.3) is 10.6 Å². The molecule has 2 fully saturated rings. The van der Waals surface area contributed by atoms with Crippen LogP contribution < -0.4 is 0 Å². The standard InChI is InChI=1S/2C8H16N.2ClH.Pt/c2*1-6-4-7(2)9-8(3)5-6;;;/h2*6-8H,4-5H2,1-3H3;2*1H;/q2*-1;;;+4/p-2. The second-order valence-corrected chi connectivity index (χ2v) is 10.2. The van der Waals surface area contributed by atoms with Gasteiger partial charge in [0, 0.05) is 0 Å². The van der Waals surface area contributed by atoms with E-state index in [9.17, 15) is 0 Å². The molecule has 0 spiro atoms. The predicted octanol–water partition coefficient (Wildman–Crippen LogP) is 6.51. The average Bonchev–Trinajstić information content (AvgIpc) is 2.26. The summed E-state index contributed by atoms with van der Waals surface area (Å²) in [7, 11) is 9.75. The van der Waals surface area contributed by atoms with Gasteiger partial charge in [0.15, 0.2) is 0 Å². The maximum atomic E-state index is 4.88. The van der Waals surface area contributed by atoms with E-state index in [1.54, 1.807) is 0 Å². The molecule has 130 valence electrons. The second-order valence-electron chi connectivity index (χ2n) is 6.89. The zero-order valence-corrected chi connectivity index (χ0v) is 18.0. The zero-order valence-electron chi connectivity index (χ0n) is 14.3. The third kappa shape index (κ3) is 12.3. The first kappa shape index (κ1) is 22.2. The van der Waals surface area contributed by atoms with Crippen LogP contribution in [0.4, 0.5) is 0 Å². The third-order valence-electron chi connectivity index (χ3n) is 3.99. The molecule has 21 heavy (non-hydrogen) atoms. The third-order valence-corrected chi connectivity index (χ3v) is 3.99. The van der Waals surface area contributed by atoms with Crippen LogP contribution in [0.2, 0.25) is 0 Å². The molecule has 2 saturated heterocycles. The van der Waals surface area contributed by atoms with Gasteiger partial charge in [-0.1, -0.05) is 67.2 Å². The molecule has 4 atom stereocenters. The summed E-state index contributed by atoms with van der Waals surface area (Å²) in [5.41, 5.74) is 0. The van der Waals surface area contributed by atoms with E-state index in [2.05, 4.69) is 52.2 Å². The molecule has 2 rings (SSSR count). The first-order chi connectivity index (χ1) is 9.78. The van der Waals surface area contributed by atoms with Gasteiger partial charge in [0.2, 0.25) is 0 Å². The van der Waals surface area contributed by atoms with Crippen LogP contribution in [0, 0.1) is 11.8 Å². The molecule has 0 aromatic heterocycles. The summed E-state index contributed by atoms with van der Waals surface area (Å²) in [6.45, 7) is 13.5. The molecule has 0 bridgehead atoms. The van der Waals surface area contributed by atoms with Gasteiger partial charge in [-0.3, -0.25) is 0 Å². The van der Waals surface area contributed by atoms with Crippen LogP contribution in [0.1, 0.15) is 67.2 Å². The first-order valence-corrected chi connectivity index (χ1v) is 13.6. The fourth-order valence-electron chi connectivity index (χ4n) is 3.63. The Kier molecular flexibility index (Phi) is 13.3. The number of hydrogen-bond donors (Lipinski definition) is 0. The quantitative estimate of drug-likeness (QED) is 0.350. The van der Waals surface area contributed by atoms with Crippen molar-refractivity contribution >= 4 is 18.8 Å². The maximum absolute atomic E-state index is 4.88. The van der Waals surface area contributed by atoms with Crippen molar-refractivity contribution in [3.63, 3.8) is 0 Å².